The monoisotopic (exact) mass is 397 g/mol. The Morgan fingerprint density at radius 2 is 2.12 bits per heavy atom. The van der Waals surface area contributed by atoms with Crippen molar-refractivity contribution in [1.29, 1.82) is 0 Å². The molecule has 1 aromatic rings. The first-order chi connectivity index (χ1) is 12.3. The highest BCUT2D eigenvalue weighted by Gasteiger charge is 2.37. The van der Waals surface area contributed by atoms with Crippen LogP contribution < -0.4 is 11.1 Å². The highest BCUT2D eigenvalue weighted by molar-refractivity contribution is 7.98. The van der Waals surface area contributed by atoms with Gasteiger partial charge in [-0.3, -0.25) is 9.59 Å². The summed E-state index contributed by atoms with van der Waals surface area (Å²) in [6, 6.07) is 6.38. The predicted molar refractivity (Wildman–Crippen MR) is 109 cm³/mol. The minimum absolute atomic E-state index is 0.0422. The second-order valence-electron chi connectivity index (χ2n) is 7.43. The fraction of sp³-hybridized carbons (Fsp3) is 0.579. The molecule has 5 nitrogen and oxygen atoms in total. The maximum Gasteiger partial charge on any atom is 0.253 e. The minimum atomic E-state index is -0.559. The lowest BCUT2D eigenvalue weighted by Gasteiger charge is -2.43. The van der Waals surface area contributed by atoms with Crippen LogP contribution in [0.4, 0.5) is 0 Å². The van der Waals surface area contributed by atoms with Gasteiger partial charge in [0.05, 0.1) is 10.6 Å². The molecule has 1 heterocycles. The van der Waals surface area contributed by atoms with Gasteiger partial charge in [0, 0.05) is 19.1 Å². The van der Waals surface area contributed by atoms with E-state index in [0.29, 0.717) is 30.1 Å². The Bertz CT molecular complexity index is 653. The molecule has 26 heavy (non-hydrogen) atoms. The number of hydrogen-bond acceptors (Lipinski definition) is 4. The van der Waals surface area contributed by atoms with Gasteiger partial charge < -0.3 is 16.0 Å². The summed E-state index contributed by atoms with van der Waals surface area (Å²) in [5, 5.41) is 3.27. The fourth-order valence-corrected chi connectivity index (χ4v) is 3.85. The summed E-state index contributed by atoms with van der Waals surface area (Å²) >= 11 is 7.77. The lowest BCUT2D eigenvalue weighted by atomic mass is 9.79. The number of amides is 2. The van der Waals surface area contributed by atoms with E-state index >= 15 is 0 Å². The Hall–Kier alpha value is -1.24. The van der Waals surface area contributed by atoms with Gasteiger partial charge in [-0.25, -0.2) is 0 Å². The van der Waals surface area contributed by atoms with E-state index in [2.05, 4.69) is 19.2 Å². The molecular formula is C19H28ClN3O2S. The Kier molecular flexibility index (Phi) is 7.38. The first-order valence-corrected chi connectivity index (χ1v) is 10.6. The van der Waals surface area contributed by atoms with E-state index in [1.54, 1.807) is 36.0 Å². The lowest BCUT2D eigenvalue weighted by Crippen LogP contribution is -2.58. The molecule has 1 aliphatic heterocycles. The van der Waals surface area contributed by atoms with E-state index in [-0.39, 0.29) is 23.3 Å². The molecule has 0 aromatic heterocycles. The largest absolute Gasteiger partial charge is 0.340 e. The van der Waals surface area contributed by atoms with Gasteiger partial charge in [0.2, 0.25) is 5.91 Å². The Morgan fingerprint density at radius 1 is 1.42 bits per heavy atom. The number of hydrogen-bond donors (Lipinski definition) is 2. The van der Waals surface area contributed by atoms with E-state index in [0.717, 1.165) is 12.2 Å². The summed E-state index contributed by atoms with van der Waals surface area (Å²) in [5.74, 6) is 0.429. The molecule has 0 bridgehead atoms. The molecule has 0 aliphatic carbocycles. The van der Waals surface area contributed by atoms with E-state index in [4.69, 9.17) is 17.3 Å². The number of carbonyl (C=O) groups excluding carboxylic acids is 2. The Labute approximate surface area is 165 Å². The van der Waals surface area contributed by atoms with Gasteiger partial charge in [0.15, 0.2) is 0 Å². The molecule has 0 saturated carbocycles. The highest BCUT2D eigenvalue weighted by atomic mass is 35.5. The van der Waals surface area contributed by atoms with E-state index in [9.17, 15) is 9.59 Å². The Morgan fingerprint density at radius 3 is 2.73 bits per heavy atom. The first-order valence-electron chi connectivity index (χ1n) is 8.85. The van der Waals surface area contributed by atoms with Crippen molar-refractivity contribution in [2.75, 3.05) is 25.1 Å². The zero-order valence-corrected chi connectivity index (χ0v) is 17.2. The van der Waals surface area contributed by atoms with Crippen LogP contribution in [0.3, 0.4) is 0 Å². The van der Waals surface area contributed by atoms with Crippen molar-refractivity contribution in [2.24, 2.45) is 11.1 Å². The number of piperidine rings is 1. The van der Waals surface area contributed by atoms with Crippen LogP contribution in [0.15, 0.2) is 24.3 Å². The van der Waals surface area contributed by atoms with Gasteiger partial charge in [-0.15, -0.1) is 0 Å². The van der Waals surface area contributed by atoms with Gasteiger partial charge in [0.1, 0.15) is 6.04 Å². The topological polar surface area (TPSA) is 75.4 Å². The molecule has 1 aliphatic rings. The number of likely N-dealkylation sites (tertiary alicyclic amines) is 1. The number of nitrogens with two attached hydrogens (primary N) is 1. The molecule has 0 spiro atoms. The van der Waals surface area contributed by atoms with Gasteiger partial charge in [-0.05, 0) is 42.4 Å². The minimum Gasteiger partial charge on any atom is -0.340 e. The molecule has 2 atom stereocenters. The van der Waals surface area contributed by atoms with Crippen LogP contribution in [0.1, 0.15) is 37.0 Å². The van der Waals surface area contributed by atoms with Crippen molar-refractivity contribution in [1.82, 2.24) is 10.2 Å². The number of benzene rings is 1. The van der Waals surface area contributed by atoms with Gasteiger partial charge in [0.25, 0.3) is 5.91 Å². The van der Waals surface area contributed by atoms with Crippen LogP contribution >= 0.6 is 23.4 Å². The van der Waals surface area contributed by atoms with Crippen molar-refractivity contribution in [3.8, 4) is 0 Å². The van der Waals surface area contributed by atoms with Crippen molar-refractivity contribution in [3.05, 3.63) is 34.9 Å². The molecule has 7 heteroatoms. The third-order valence-corrected chi connectivity index (χ3v) is 5.93. The van der Waals surface area contributed by atoms with E-state index in [1.807, 2.05) is 11.2 Å². The summed E-state index contributed by atoms with van der Waals surface area (Å²) in [6.45, 7) is 5.39. The van der Waals surface area contributed by atoms with Crippen molar-refractivity contribution >= 4 is 35.2 Å². The maximum atomic E-state index is 13.1. The zero-order chi connectivity index (χ0) is 19.3. The second kappa shape index (κ2) is 9.11. The normalized spacial score (nSPS) is 20.5. The number of nitrogens with zero attached hydrogens (tertiary/aromatic N) is 1. The van der Waals surface area contributed by atoms with Crippen molar-refractivity contribution in [2.45, 2.75) is 38.8 Å². The molecule has 2 unspecified atom stereocenters. The molecule has 1 saturated heterocycles. The molecule has 2 rings (SSSR count). The van der Waals surface area contributed by atoms with Crippen molar-refractivity contribution in [3.63, 3.8) is 0 Å². The standard InChI is InChI=1S/C19H28ClN3O2S/c1-19(2)12-23(10-8-16(19)21)18(25)15(9-11-26-3)22-17(24)13-6-4-5-7-14(13)20/h4-7,15-16H,8-12,21H2,1-3H3,(H,22,24). The van der Waals surface area contributed by atoms with Crippen LogP contribution in [-0.2, 0) is 4.79 Å². The summed E-state index contributed by atoms with van der Waals surface area (Å²) in [6.07, 6.45) is 3.34. The Balaban J connectivity index is 2.12. The highest BCUT2D eigenvalue weighted by Crippen LogP contribution is 2.28. The van der Waals surface area contributed by atoms with Crippen LogP contribution in [0, 0.1) is 5.41 Å². The summed E-state index contributed by atoms with van der Waals surface area (Å²) in [5.41, 5.74) is 6.43. The molecule has 0 radical (unpaired) electrons. The number of nitrogens with one attached hydrogen (secondary N) is 1. The number of thioether (sulfide) groups is 1. The van der Waals surface area contributed by atoms with Crippen molar-refractivity contribution < 1.29 is 9.59 Å². The summed E-state index contributed by atoms with van der Waals surface area (Å²) in [4.78, 5) is 27.5. The summed E-state index contributed by atoms with van der Waals surface area (Å²) < 4.78 is 0. The van der Waals surface area contributed by atoms with Crippen LogP contribution in [0.25, 0.3) is 0 Å². The average molecular weight is 398 g/mol. The second-order valence-corrected chi connectivity index (χ2v) is 8.82. The molecule has 2 amide bonds. The molecule has 3 N–H and O–H groups in total. The van der Waals surface area contributed by atoms with E-state index in [1.165, 1.54) is 0 Å². The third kappa shape index (κ3) is 5.15. The molecular weight excluding hydrogens is 370 g/mol. The fourth-order valence-electron chi connectivity index (χ4n) is 3.16. The number of halogens is 1. The van der Waals surface area contributed by atoms with E-state index < -0.39 is 6.04 Å². The molecule has 1 fully saturated rings. The average Bonchev–Trinajstić information content (AvgIpc) is 2.60. The molecule has 144 valence electrons. The smallest absolute Gasteiger partial charge is 0.253 e. The molecule has 1 aromatic carbocycles. The zero-order valence-electron chi connectivity index (χ0n) is 15.6. The number of rotatable bonds is 6. The van der Waals surface area contributed by atoms with Gasteiger partial charge in [-0.1, -0.05) is 37.6 Å². The maximum absolute atomic E-state index is 13.1. The van der Waals surface area contributed by atoms with Crippen LogP contribution in [0.5, 0.6) is 0 Å². The van der Waals surface area contributed by atoms with Gasteiger partial charge >= 0.3 is 0 Å². The third-order valence-electron chi connectivity index (χ3n) is 4.96. The number of carbonyl (C=O) groups is 2. The van der Waals surface area contributed by atoms with Crippen LogP contribution in [-0.4, -0.2) is 53.9 Å². The lowest BCUT2D eigenvalue weighted by molar-refractivity contribution is -0.136. The predicted octanol–water partition coefficient (Wildman–Crippen LogP) is 2.78. The summed E-state index contributed by atoms with van der Waals surface area (Å²) in [7, 11) is 0. The SMILES string of the molecule is CSCCC(NC(=O)c1ccccc1Cl)C(=O)N1CCC(N)C(C)(C)C1. The van der Waals surface area contributed by atoms with Gasteiger partial charge in [-0.2, -0.15) is 11.8 Å². The van der Waals surface area contributed by atoms with Crippen LogP contribution in [0.2, 0.25) is 5.02 Å². The quantitative estimate of drug-likeness (QED) is 0.773. The first kappa shape index (κ1) is 21.1.